The number of benzene rings is 1. The van der Waals surface area contributed by atoms with Crippen LogP contribution in [0.25, 0.3) is 0 Å². The lowest BCUT2D eigenvalue weighted by Gasteiger charge is -2.70. The maximum atomic E-state index is 12.8. The lowest BCUT2D eigenvalue weighted by atomic mass is 9.37. The molecule has 2 fully saturated rings. The molecule has 148 valence electrons. The van der Waals surface area contributed by atoms with E-state index in [9.17, 15) is 4.79 Å². The van der Waals surface area contributed by atoms with E-state index in [-0.39, 0.29) is 28.6 Å². The van der Waals surface area contributed by atoms with Gasteiger partial charge in [0.05, 0.1) is 18.4 Å². The van der Waals surface area contributed by atoms with Crippen LogP contribution < -0.4 is 9.47 Å². The largest absolute Gasteiger partial charge is 0.493 e. The average molecular weight is 381 g/mol. The summed E-state index contributed by atoms with van der Waals surface area (Å²) in [5, 5.41) is 0. The van der Waals surface area contributed by atoms with Crippen LogP contribution in [0, 0.1) is 11.3 Å². The van der Waals surface area contributed by atoms with E-state index < -0.39 is 5.60 Å². The number of carbonyl (C=O) groups is 1. The predicted octanol–water partition coefficient (Wildman–Crippen LogP) is 2.50. The number of likely N-dealkylation sites (N-methyl/N-ethyl adjacent to an activating group) is 1. The van der Waals surface area contributed by atoms with Gasteiger partial charge in [-0.05, 0) is 51.4 Å². The van der Waals surface area contributed by atoms with Crippen molar-refractivity contribution in [1.29, 1.82) is 0 Å². The highest BCUT2D eigenvalue weighted by Crippen LogP contribution is 2.74. The second-order valence-corrected chi connectivity index (χ2v) is 9.35. The fourth-order valence-corrected chi connectivity index (χ4v) is 7.67. The number of ketones is 1. The van der Waals surface area contributed by atoms with Gasteiger partial charge in [0.25, 0.3) is 0 Å². The fraction of sp³-hybridized carbons (Fsp3) is 0.609. The monoisotopic (exact) mass is 381 g/mol. The number of piperidine rings is 1. The quantitative estimate of drug-likeness (QED) is 0.753. The molecule has 4 bridgehead atoms. The molecule has 2 spiro atoms. The molecule has 7 rings (SSSR count). The van der Waals surface area contributed by atoms with E-state index in [1.807, 2.05) is 6.07 Å². The third-order valence-electron chi connectivity index (χ3n) is 8.77. The van der Waals surface area contributed by atoms with Gasteiger partial charge in [0.2, 0.25) is 0 Å². The van der Waals surface area contributed by atoms with Crippen molar-refractivity contribution in [3.05, 3.63) is 35.4 Å². The SMILES string of the molecule is COc1ccc2c3c1O[C@H]1C4(OC)C=C[C@]5(C[C@@H]4C(C)=O)[C@@H](C2)N(C)CC[C@]315. The van der Waals surface area contributed by atoms with Crippen LogP contribution in [0.4, 0.5) is 0 Å². The number of nitrogens with zero attached hydrogens (tertiary/aromatic N) is 1. The summed E-state index contributed by atoms with van der Waals surface area (Å²) in [7, 11) is 5.67. The second-order valence-electron chi connectivity index (χ2n) is 9.35. The van der Waals surface area contributed by atoms with Crippen molar-refractivity contribution >= 4 is 5.78 Å². The summed E-state index contributed by atoms with van der Waals surface area (Å²) in [6, 6.07) is 4.62. The smallest absolute Gasteiger partial charge is 0.166 e. The van der Waals surface area contributed by atoms with Crippen LogP contribution in [-0.4, -0.2) is 56.2 Å². The van der Waals surface area contributed by atoms with E-state index in [4.69, 9.17) is 14.2 Å². The Balaban J connectivity index is 1.72. The Morgan fingerprint density at radius 2 is 2.11 bits per heavy atom. The van der Waals surface area contributed by atoms with Crippen LogP contribution in [-0.2, 0) is 21.4 Å². The lowest BCUT2D eigenvalue weighted by Crippen LogP contribution is -2.79. The van der Waals surface area contributed by atoms with Gasteiger partial charge in [-0.3, -0.25) is 4.79 Å². The Morgan fingerprint density at radius 3 is 2.82 bits per heavy atom. The normalized spacial score (nSPS) is 44.2. The highest BCUT2D eigenvalue weighted by Gasteiger charge is 2.79. The maximum Gasteiger partial charge on any atom is 0.166 e. The molecule has 0 radical (unpaired) electrons. The molecule has 6 aliphatic rings. The van der Waals surface area contributed by atoms with Crippen LogP contribution in [0.3, 0.4) is 0 Å². The summed E-state index contributed by atoms with van der Waals surface area (Å²) in [6.45, 7) is 2.74. The Bertz CT molecular complexity index is 941. The highest BCUT2D eigenvalue weighted by atomic mass is 16.6. The summed E-state index contributed by atoms with van der Waals surface area (Å²) in [6.07, 6.45) is 7.19. The lowest BCUT2D eigenvalue weighted by molar-refractivity contribution is -0.212. The summed E-state index contributed by atoms with van der Waals surface area (Å²) in [5.41, 5.74) is 1.72. The minimum absolute atomic E-state index is 0.105. The van der Waals surface area contributed by atoms with Crippen molar-refractivity contribution < 1.29 is 19.0 Å². The van der Waals surface area contributed by atoms with Gasteiger partial charge in [-0.15, -0.1) is 0 Å². The van der Waals surface area contributed by atoms with Gasteiger partial charge in [-0.1, -0.05) is 18.2 Å². The third kappa shape index (κ3) is 1.49. The van der Waals surface area contributed by atoms with Crippen LogP contribution >= 0.6 is 0 Å². The standard InChI is InChI=1S/C23H27NO4/c1-13(25)15-12-21-7-8-23(15,27-4)20-22(21)9-10-24(2)17(21)11-14-5-6-16(26-3)19(28-20)18(14)22/h5-8,15,17,20H,9-12H2,1-4H3/t15-,17-,20-,21+,22+,23?/m1/s1. The molecule has 6 atom stereocenters. The zero-order chi connectivity index (χ0) is 19.5. The van der Waals surface area contributed by atoms with Crippen LogP contribution in [0.15, 0.2) is 24.3 Å². The van der Waals surface area contributed by atoms with Gasteiger partial charge in [0.1, 0.15) is 17.5 Å². The molecular weight excluding hydrogens is 354 g/mol. The van der Waals surface area contributed by atoms with Crippen molar-refractivity contribution in [2.45, 2.75) is 49.3 Å². The molecule has 5 nitrogen and oxygen atoms in total. The first-order valence-electron chi connectivity index (χ1n) is 10.3. The van der Waals surface area contributed by atoms with Gasteiger partial charge < -0.3 is 19.1 Å². The molecule has 5 heteroatoms. The summed E-state index contributed by atoms with van der Waals surface area (Å²) in [5.74, 6) is 1.68. The first-order chi connectivity index (χ1) is 13.4. The number of fused-ring (bicyclic) bond motifs is 1. The van der Waals surface area contributed by atoms with E-state index in [1.165, 1.54) is 11.1 Å². The second kappa shape index (κ2) is 5.00. The van der Waals surface area contributed by atoms with Gasteiger partial charge in [-0.2, -0.15) is 0 Å². The Kier molecular flexibility index (Phi) is 3.05. The van der Waals surface area contributed by atoms with E-state index in [0.29, 0.717) is 6.04 Å². The number of Topliss-reactive ketones (excluding diaryl/α,β-unsaturated/α-hetero) is 1. The number of rotatable bonds is 3. The van der Waals surface area contributed by atoms with E-state index in [2.05, 4.69) is 30.2 Å². The molecule has 4 aliphatic carbocycles. The van der Waals surface area contributed by atoms with E-state index in [1.54, 1.807) is 21.1 Å². The number of methoxy groups -OCH3 is 2. The fourth-order valence-electron chi connectivity index (χ4n) is 7.67. The van der Waals surface area contributed by atoms with Crippen LogP contribution in [0.1, 0.15) is 30.9 Å². The average Bonchev–Trinajstić information content (AvgIpc) is 3.07. The number of hydrogen-bond donors (Lipinski definition) is 0. The minimum atomic E-state index is -0.716. The summed E-state index contributed by atoms with van der Waals surface area (Å²) >= 11 is 0. The first-order valence-corrected chi connectivity index (χ1v) is 10.3. The van der Waals surface area contributed by atoms with Gasteiger partial charge >= 0.3 is 0 Å². The molecule has 1 aromatic rings. The minimum Gasteiger partial charge on any atom is -0.493 e. The molecule has 1 unspecified atom stereocenters. The first kappa shape index (κ1) is 17.0. The molecule has 1 saturated heterocycles. The zero-order valence-electron chi connectivity index (χ0n) is 17.0. The highest BCUT2D eigenvalue weighted by molar-refractivity contribution is 5.82. The molecule has 0 aromatic heterocycles. The van der Waals surface area contributed by atoms with Crippen LogP contribution in [0.2, 0.25) is 0 Å². The molecule has 0 amide bonds. The molecule has 1 saturated carbocycles. The number of likely N-dealkylation sites (tertiary alicyclic amines) is 1. The van der Waals surface area contributed by atoms with Gasteiger partial charge in [0.15, 0.2) is 11.5 Å². The van der Waals surface area contributed by atoms with Crippen molar-refractivity contribution in [3.63, 3.8) is 0 Å². The molecule has 2 heterocycles. The molecule has 2 aliphatic heterocycles. The molecule has 1 aromatic carbocycles. The Morgan fingerprint density at radius 1 is 1.29 bits per heavy atom. The van der Waals surface area contributed by atoms with Crippen molar-refractivity contribution in [1.82, 2.24) is 4.90 Å². The van der Waals surface area contributed by atoms with Crippen LogP contribution in [0.5, 0.6) is 11.5 Å². The number of ether oxygens (including phenoxy) is 3. The molecular formula is C23H27NO4. The van der Waals surface area contributed by atoms with Gasteiger partial charge in [0, 0.05) is 24.1 Å². The number of hydrogen-bond acceptors (Lipinski definition) is 5. The summed E-state index contributed by atoms with van der Waals surface area (Å²) in [4.78, 5) is 15.3. The summed E-state index contributed by atoms with van der Waals surface area (Å²) < 4.78 is 18.7. The maximum absolute atomic E-state index is 12.8. The number of carbonyl (C=O) groups excluding carboxylic acids is 1. The zero-order valence-corrected chi connectivity index (χ0v) is 17.0. The van der Waals surface area contributed by atoms with Crippen molar-refractivity contribution in [2.24, 2.45) is 11.3 Å². The molecule has 0 N–H and O–H groups in total. The van der Waals surface area contributed by atoms with E-state index >= 15 is 0 Å². The van der Waals surface area contributed by atoms with Crippen molar-refractivity contribution in [2.75, 3.05) is 27.8 Å². The van der Waals surface area contributed by atoms with Crippen molar-refractivity contribution in [3.8, 4) is 11.5 Å². The third-order valence-corrected chi connectivity index (χ3v) is 8.77. The van der Waals surface area contributed by atoms with E-state index in [0.717, 1.165) is 37.3 Å². The predicted molar refractivity (Wildman–Crippen MR) is 104 cm³/mol. The molecule has 28 heavy (non-hydrogen) atoms. The Labute approximate surface area is 165 Å². The topological polar surface area (TPSA) is 48.0 Å². The van der Waals surface area contributed by atoms with Gasteiger partial charge in [-0.25, -0.2) is 0 Å². The Hall–Kier alpha value is -1.85.